The smallest absolute Gasteiger partial charge is 0.451 e. The Morgan fingerprint density at radius 1 is 1.58 bits per heavy atom. The van der Waals surface area contributed by atoms with Crippen LogP contribution in [0.1, 0.15) is 12.8 Å². The van der Waals surface area contributed by atoms with Crippen molar-refractivity contribution in [2.75, 3.05) is 7.11 Å². The molecule has 0 spiro atoms. The van der Waals surface area contributed by atoms with Gasteiger partial charge in [0.2, 0.25) is 0 Å². The maximum Gasteiger partial charge on any atom is 0.451 e. The average Bonchev–Trinajstić information content (AvgIpc) is 1.94. The van der Waals surface area contributed by atoms with E-state index < -0.39 is 7.12 Å². The van der Waals surface area contributed by atoms with E-state index in [9.17, 15) is 4.79 Å². The highest BCUT2D eigenvalue weighted by Gasteiger charge is 2.36. The molecule has 0 aromatic rings. The van der Waals surface area contributed by atoms with E-state index in [1.807, 2.05) is 0 Å². The van der Waals surface area contributed by atoms with Gasteiger partial charge in [0, 0.05) is 0 Å². The summed E-state index contributed by atoms with van der Waals surface area (Å²) in [7, 11) is 0.130. The molecule has 0 bridgehead atoms. The van der Waals surface area contributed by atoms with Crippen LogP contribution in [-0.2, 0) is 9.53 Å². The normalized spacial score (nSPS) is 27.6. The molecule has 1 aliphatic rings. The van der Waals surface area contributed by atoms with Crippen LogP contribution in [0.5, 0.6) is 0 Å². The summed E-state index contributed by atoms with van der Waals surface area (Å²) in [5.74, 6) is 0.0755. The van der Waals surface area contributed by atoms with Crippen molar-refractivity contribution in [1.29, 1.82) is 0 Å². The van der Waals surface area contributed by atoms with E-state index in [1.165, 1.54) is 7.11 Å². The number of hydrogen-bond acceptors (Lipinski definition) is 4. The molecule has 0 atom stereocenters. The largest absolute Gasteiger partial charge is 0.469 e. The van der Waals surface area contributed by atoms with E-state index >= 15 is 0 Å². The van der Waals surface area contributed by atoms with Gasteiger partial charge >= 0.3 is 13.1 Å². The van der Waals surface area contributed by atoms with Crippen molar-refractivity contribution in [2.24, 2.45) is 11.8 Å². The van der Waals surface area contributed by atoms with E-state index in [-0.39, 0.29) is 17.8 Å². The lowest BCUT2D eigenvalue weighted by atomic mass is 9.65. The van der Waals surface area contributed by atoms with Gasteiger partial charge in [0.05, 0.1) is 13.0 Å². The maximum absolute atomic E-state index is 10.9. The highest BCUT2D eigenvalue weighted by Crippen LogP contribution is 2.37. The molecule has 68 valence electrons. The summed E-state index contributed by atoms with van der Waals surface area (Å²) in [4.78, 5) is 10.9. The lowest BCUT2D eigenvalue weighted by Gasteiger charge is -2.32. The van der Waals surface area contributed by atoms with Crippen molar-refractivity contribution < 1.29 is 19.6 Å². The molecule has 0 saturated heterocycles. The SMILES string of the molecule is COC(=O)C1CC(CB(O)O)C1. The minimum absolute atomic E-state index is 0.0150. The summed E-state index contributed by atoms with van der Waals surface area (Å²) in [5, 5.41) is 17.2. The predicted octanol–water partition coefficient (Wildman–Crippen LogP) is -0.342. The molecule has 0 aromatic heterocycles. The minimum atomic E-state index is -1.24. The van der Waals surface area contributed by atoms with Gasteiger partial charge in [-0.25, -0.2) is 0 Å². The van der Waals surface area contributed by atoms with Crippen molar-refractivity contribution in [3.05, 3.63) is 0 Å². The molecule has 0 aromatic carbocycles. The van der Waals surface area contributed by atoms with Crippen LogP contribution in [0.15, 0.2) is 0 Å². The van der Waals surface area contributed by atoms with Crippen molar-refractivity contribution in [3.63, 3.8) is 0 Å². The van der Waals surface area contributed by atoms with Gasteiger partial charge in [0.15, 0.2) is 0 Å². The molecular formula is C7H13BO4. The molecule has 12 heavy (non-hydrogen) atoms. The first-order chi connectivity index (χ1) is 5.63. The first kappa shape index (κ1) is 9.54. The maximum atomic E-state index is 10.9. The Morgan fingerprint density at radius 2 is 2.17 bits per heavy atom. The number of carbonyl (C=O) groups excluding carboxylic acids is 1. The monoisotopic (exact) mass is 172 g/mol. The van der Waals surface area contributed by atoms with Crippen LogP contribution in [0.3, 0.4) is 0 Å². The Bertz CT molecular complexity index is 165. The molecule has 1 aliphatic carbocycles. The molecule has 4 nitrogen and oxygen atoms in total. The van der Waals surface area contributed by atoms with Crippen LogP contribution in [-0.4, -0.2) is 30.2 Å². The van der Waals surface area contributed by atoms with Gasteiger partial charge in [-0.3, -0.25) is 4.79 Å². The Labute approximate surface area is 71.7 Å². The number of carbonyl (C=O) groups is 1. The van der Waals surface area contributed by atoms with Crippen LogP contribution in [0.4, 0.5) is 0 Å². The average molecular weight is 172 g/mol. The lowest BCUT2D eigenvalue weighted by Crippen LogP contribution is -2.33. The van der Waals surface area contributed by atoms with E-state index in [2.05, 4.69) is 4.74 Å². The fourth-order valence-corrected chi connectivity index (χ4v) is 1.59. The zero-order valence-electron chi connectivity index (χ0n) is 7.06. The molecule has 2 N–H and O–H groups in total. The quantitative estimate of drug-likeness (QED) is 0.451. The van der Waals surface area contributed by atoms with E-state index in [1.54, 1.807) is 0 Å². The van der Waals surface area contributed by atoms with Crippen LogP contribution in [0, 0.1) is 11.8 Å². The van der Waals surface area contributed by atoms with E-state index in [4.69, 9.17) is 10.0 Å². The summed E-state index contributed by atoms with van der Waals surface area (Å²) < 4.78 is 4.54. The minimum Gasteiger partial charge on any atom is -0.469 e. The highest BCUT2D eigenvalue weighted by atomic mass is 16.5. The molecule has 0 heterocycles. The third-order valence-electron chi connectivity index (χ3n) is 2.31. The first-order valence-electron chi connectivity index (χ1n) is 4.07. The third kappa shape index (κ3) is 2.22. The zero-order valence-corrected chi connectivity index (χ0v) is 7.06. The molecule has 0 amide bonds. The second-order valence-electron chi connectivity index (χ2n) is 3.27. The summed E-state index contributed by atoms with van der Waals surface area (Å²) >= 11 is 0. The van der Waals surface area contributed by atoms with Gasteiger partial charge in [0.1, 0.15) is 0 Å². The number of methoxy groups -OCH3 is 1. The summed E-state index contributed by atoms with van der Waals surface area (Å²) in [6, 6.07) is 0. The molecule has 1 saturated carbocycles. The third-order valence-corrected chi connectivity index (χ3v) is 2.31. The second-order valence-corrected chi connectivity index (χ2v) is 3.27. The van der Waals surface area contributed by atoms with Crippen LogP contribution in [0.25, 0.3) is 0 Å². The first-order valence-corrected chi connectivity index (χ1v) is 4.07. The Balaban J connectivity index is 2.15. The second kappa shape index (κ2) is 3.91. The van der Waals surface area contributed by atoms with Gasteiger partial charge in [-0.2, -0.15) is 0 Å². The van der Waals surface area contributed by atoms with Gasteiger partial charge in [-0.1, -0.05) is 0 Å². The summed E-state index contributed by atoms with van der Waals surface area (Å²) in [6.07, 6.45) is 1.82. The van der Waals surface area contributed by atoms with Crippen LogP contribution >= 0.6 is 0 Å². The lowest BCUT2D eigenvalue weighted by molar-refractivity contribution is -0.149. The van der Waals surface area contributed by atoms with E-state index in [0.29, 0.717) is 6.32 Å². The van der Waals surface area contributed by atoms with Gasteiger partial charge in [-0.15, -0.1) is 0 Å². The van der Waals surface area contributed by atoms with Gasteiger partial charge in [0.25, 0.3) is 0 Å². The molecule has 0 aliphatic heterocycles. The van der Waals surface area contributed by atoms with Crippen molar-refractivity contribution in [2.45, 2.75) is 19.2 Å². The van der Waals surface area contributed by atoms with E-state index in [0.717, 1.165) is 12.8 Å². The van der Waals surface area contributed by atoms with Gasteiger partial charge in [-0.05, 0) is 25.1 Å². The van der Waals surface area contributed by atoms with Crippen LogP contribution in [0.2, 0.25) is 6.32 Å². The molecule has 1 rings (SSSR count). The van der Waals surface area contributed by atoms with Gasteiger partial charge < -0.3 is 14.8 Å². The number of ether oxygens (including phenoxy) is 1. The number of esters is 1. The summed E-state index contributed by atoms with van der Waals surface area (Å²) in [6.45, 7) is 0. The zero-order chi connectivity index (χ0) is 9.14. The predicted molar refractivity (Wildman–Crippen MR) is 43.2 cm³/mol. The molecule has 0 unspecified atom stereocenters. The topological polar surface area (TPSA) is 66.8 Å². The number of rotatable bonds is 3. The Hall–Kier alpha value is -0.545. The standard InChI is InChI=1S/C7H13BO4/c1-12-7(9)6-2-5(3-6)4-8(10)11/h5-6,10-11H,2-4H2,1H3. The molecule has 1 fully saturated rings. The Morgan fingerprint density at radius 3 is 2.58 bits per heavy atom. The fraction of sp³-hybridized carbons (Fsp3) is 0.857. The highest BCUT2D eigenvalue weighted by molar-refractivity contribution is 6.41. The summed E-state index contributed by atoms with van der Waals surface area (Å²) in [5.41, 5.74) is 0. The van der Waals surface area contributed by atoms with Crippen LogP contribution < -0.4 is 0 Å². The van der Waals surface area contributed by atoms with Crippen molar-refractivity contribution >= 4 is 13.1 Å². The van der Waals surface area contributed by atoms with Crippen molar-refractivity contribution in [1.82, 2.24) is 0 Å². The molecular weight excluding hydrogens is 159 g/mol. The molecule has 0 radical (unpaired) electrons. The Kier molecular flexibility index (Phi) is 3.11. The van der Waals surface area contributed by atoms with Crippen molar-refractivity contribution in [3.8, 4) is 0 Å². The fourth-order valence-electron chi connectivity index (χ4n) is 1.59. The molecule has 5 heteroatoms. The number of hydrogen-bond donors (Lipinski definition) is 2.